The predicted octanol–water partition coefficient (Wildman–Crippen LogP) is -2.55. The first-order valence-corrected chi connectivity index (χ1v) is 17.7. The van der Waals surface area contributed by atoms with Crippen LogP contribution in [-0.4, -0.2) is 177 Å². The number of benzene rings is 1. The lowest BCUT2D eigenvalue weighted by Crippen LogP contribution is -2.92. The van der Waals surface area contributed by atoms with Crippen molar-refractivity contribution in [1.82, 2.24) is 19.6 Å². The van der Waals surface area contributed by atoms with Gasteiger partial charge in [-0.3, -0.25) is 14.5 Å². The summed E-state index contributed by atoms with van der Waals surface area (Å²) < 4.78 is 99.3. The number of aliphatic hydroxyl groups excluding tert-OH is 2. The summed E-state index contributed by atoms with van der Waals surface area (Å²) in [4.78, 5) is 37.7. The van der Waals surface area contributed by atoms with Gasteiger partial charge in [0, 0.05) is 44.8 Å². The minimum absolute atomic E-state index is 0.100. The molecule has 3 fully saturated rings. The lowest BCUT2D eigenvalue weighted by molar-refractivity contribution is -0.604. The second-order valence-corrected chi connectivity index (χ2v) is 15.1. The van der Waals surface area contributed by atoms with E-state index >= 15 is 4.39 Å². The van der Waals surface area contributed by atoms with Gasteiger partial charge in [0.25, 0.3) is 0 Å². The van der Waals surface area contributed by atoms with Crippen LogP contribution >= 0.6 is 0 Å². The van der Waals surface area contributed by atoms with E-state index in [0.29, 0.717) is 18.9 Å². The first kappa shape index (κ1) is 49.5. The van der Waals surface area contributed by atoms with Crippen LogP contribution in [-0.2, 0) is 27.7 Å². The van der Waals surface area contributed by atoms with Crippen LogP contribution in [0.4, 0.5) is 35.5 Å². The van der Waals surface area contributed by atoms with Crippen molar-refractivity contribution in [1.29, 1.82) is 0 Å². The number of nitrogens with zero attached hydrogens (tertiary/aromatic N) is 4. The van der Waals surface area contributed by atoms with Crippen molar-refractivity contribution in [2.24, 2.45) is 11.8 Å². The molecule has 28 heteroatoms. The first-order valence-electron chi connectivity index (χ1n) is 17.7. The van der Waals surface area contributed by atoms with Crippen LogP contribution in [0.3, 0.4) is 0 Å². The highest BCUT2D eigenvalue weighted by atomic mass is 19.4. The molecule has 3 amide bonds. The highest BCUT2D eigenvalue weighted by Crippen LogP contribution is 2.57. The SMILES string of the molecule is C=C(C1C(O)C(O)C1C(F)C(=O)CC)C1CC(N2C(O)(O)C(O)(O)N(C(C)=O)C(O)(O)C2(O)O)CCN1C(=O)N(C)C(C)(O)c1c(O)c(C(F)(F)F)c(O)c(C(F)(F)F)c1O. The number of phenolic OH excluding ortho intramolecular Hbond substituents is 3. The Hall–Kier alpha value is -4.20. The maximum Gasteiger partial charge on any atom is 0.423 e. The van der Waals surface area contributed by atoms with Crippen molar-refractivity contribution < 1.29 is 117 Å². The molecule has 1 aromatic carbocycles. The Bertz CT molecular complexity index is 1890. The lowest BCUT2D eigenvalue weighted by Gasteiger charge is -2.63. The number of rotatable bonds is 8. The molecule has 2 aliphatic heterocycles. The van der Waals surface area contributed by atoms with E-state index in [4.69, 9.17) is 0 Å². The fraction of sp³-hybridized carbons (Fsp3) is 0.667. The van der Waals surface area contributed by atoms with E-state index in [0.717, 1.165) is 0 Å². The van der Waals surface area contributed by atoms with Crippen LogP contribution in [0.25, 0.3) is 0 Å². The molecule has 61 heavy (non-hydrogen) atoms. The first-order chi connectivity index (χ1) is 27.3. The Morgan fingerprint density at radius 1 is 0.820 bits per heavy atom. The maximum atomic E-state index is 15.5. The van der Waals surface area contributed by atoms with Crippen LogP contribution in [0.15, 0.2) is 12.2 Å². The zero-order valence-electron chi connectivity index (χ0n) is 32.0. The van der Waals surface area contributed by atoms with E-state index in [2.05, 4.69) is 6.58 Å². The Balaban J connectivity index is 1.92. The molecule has 1 saturated carbocycles. The molecule has 2 saturated heterocycles. The number of phenols is 3. The van der Waals surface area contributed by atoms with Gasteiger partial charge in [0.1, 0.15) is 28.4 Å². The van der Waals surface area contributed by atoms with Crippen LogP contribution in [0.2, 0.25) is 0 Å². The summed E-state index contributed by atoms with van der Waals surface area (Å²) in [7, 11) is 0.473. The van der Waals surface area contributed by atoms with Crippen LogP contribution in [0.5, 0.6) is 17.2 Å². The molecule has 0 bridgehead atoms. The standard InChI is InChI=1S/C33H43F7N4O17/c1-6-14(46)20(34)16-15(21(47)22(16)48)10(2)13-9-12(44-32(58,59)30(54,55)43(11(3)45)31(56,57)33(44,60)61)7-8-42(13)26(52)41(5)27(4,53)17-23(49)18(28(35,36)37)25(51)19(24(17)50)29(38,39)40/h12-13,15-16,20-22,47-51,53-61H,2,6-9H2,1,3-5H3. The number of hydrogen-bond acceptors (Lipinski definition) is 18. The van der Waals surface area contributed by atoms with Gasteiger partial charge in [-0.05, 0) is 25.3 Å². The largest absolute Gasteiger partial charge is 0.507 e. The highest BCUT2D eigenvalue weighted by molar-refractivity contribution is 5.83. The zero-order chi connectivity index (χ0) is 47.5. The minimum atomic E-state index is -6.03. The third kappa shape index (κ3) is 7.29. The minimum Gasteiger partial charge on any atom is -0.507 e. The third-order valence-electron chi connectivity index (χ3n) is 11.5. The van der Waals surface area contributed by atoms with Gasteiger partial charge < -0.3 is 76.4 Å². The van der Waals surface area contributed by atoms with E-state index < -0.39 is 177 Å². The molecule has 14 N–H and O–H groups in total. The summed E-state index contributed by atoms with van der Waals surface area (Å²) in [6, 6.07) is -6.01. The summed E-state index contributed by atoms with van der Waals surface area (Å²) in [5, 5.41) is 151. The monoisotopic (exact) mass is 900 g/mol. The Morgan fingerprint density at radius 3 is 1.64 bits per heavy atom. The van der Waals surface area contributed by atoms with Gasteiger partial charge in [-0.1, -0.05) is 13.5 Å². The van der Waals surface area contributed by atoms with Gasteiger partial charge in [0.2, 0.25) is 5.91 Å². The molecule has 8 atom stereocenters. The quantitative estimate of drug-likeness (QED) is 0.0725. The Kier molecular flexibility index (Phi) is 12.4. The molecule has 346 valence electrons. The number of aromatic hydroxyl groups is 3. The molecule has 2 heterocycles. The Morgan fingerprint density at radius 2 is 1.25 bits per heavy atom. The number of alkyl halides is 7. The number of likely N-dealkylation sites (tertiary alicyclic amines) is 1. The van der Waals surface area contributed by atoms with Gasteiger partial charge in [-0.2, -0.15) is 31.2 Å². The molecule has 3 aliphatic rings. The van der Waals surface area contributed by atoms with Crippen LogP contribution < -0.4 is 0 Å². The normalized spacial score (nSPS) is 29.0. The van der Waals surface area contributed by atoms with Gasteiger partial charge in [0.05, 0.1) is 23.8 Å². The molecule has 8 unspecified atom stereocenters. The topological polar surface area (TPSA) is 347 Å². The predicted molar refractivity (Wildman–Crippen MR) is 179 cm³/mol. The number of aliphatic hydroxyl groups is 11. The molecular formula is C33H43F7N4O17. The number of amides is 3. The van der Waals surface area contributed by atoms with Crippen molar-refractivity contribution in [3.8, 4) is 17.2 Å². The number of urea groups is 1. The van der Waals surface area contributed by atoms with Crippen molar-refractivity contribution in [2.45, 2.75) is 112 Å². The van der Waals surface area contributed by atoms with E-state index in [-0.39, 0.29) is 11.8 Å². The molecule has 1 aromatic rings. The number of piperazine rings is 1. The molecule has 1 aliphatic carbocycles. The van der Waals surface area contributed by atoms with Gasteiger partial charge in [-0.15, -0.1) is 0 Å². The fourth-order valence-corrected chi connectivity index (χ4v) is 8.20. The summed E-state index contributed by atoms with van der Waals surface area (Å²) >= 11 is 0. The van der Waals surface area contributed by atoms with Crippen LogP contribution in [0, 0.1) is 11.8 Å². The third-order valence-corrected chi connectivity index (χ3v) is 11.5. The molecule has 0 aromatic heterocycles. The van der Waals surface area contributed by atoms with Crippen molar-refractivity contribution in [3.05, 3.63) is 28.8 Å². The van der Waals surface area contributed by atoms with Gasteiger partial charge in [-0.25, -0.2) is 14.1 Å². The number of piperidine rings is 1. The van der Waals surface area contributed by atoms with Crippen molar-refractivity contribution in [2.75, 3.05) is 13.6 Å². The molecule has 0 radical (unpaired) electrons. The van der Waals surface area contributed by atoms with E-state index in [1.54, 1.807) is 0 Å². The van der Waals surface area contributed by atoms with Crippen LogP contribution in [0.1, 0.15) is 56.7 Å². The van der Waals surface area contributed by atoms with Gasteiger partial charge >= 0.3 is 42.0 Å². The number of carbonyl (C=O) groups is 3. The number of carbonyl (C=O) groups excluding carboxylic acids is 3. The maximum absolute atomic E-state index is 15.5. The fourth-order valence-electron chi connectivity index (χ4n) is 8.20. The molecule has 21 nitrogen and oxygen atoms in total. The van der Waals surface area contributed by atoms with Crippen molar-refractivity contribution >= 4 is 17.7 Å². The van der Waals surface area contributed by atoms with E-state index in [1.165, 1.54) is 6.92 Å². The Labute approximate surface area is 337 Å². The summed E-state index contributed by atoms with van der Waals surface area (Å²) in [6.07, 6.45) is -21.3. The zero-order valence-corrected chi connectivity index (χ0v) is 32.0. The summed E-state index contributed by atoms with van der Waals surface area (Å²) in [5.74, 6) is -32.5. The van der Waals surface area contributed by atoms with Crippen molar-refractivity contribution in [3.63, 3.8) is 0 Å². The van der Waals surface area contributed by atoms with Gasteiger partial charge in [0.15, 0.2) is 17.7 Å². The molecular weight excluding hydrogens is 857 g/mol. The second-order valence-electron chi connectivity index (χ2n) is 15.1. The second kappa shape index (κ2) is 15.3. The number of Topliss-reactive ketones (excluding diaryl/α,β-unsaturated/α-hetero) is 1. The average Bonchev–Trinajstić information content (AvgIpc) is 3.09. The average molecular weight is 901 g/mol. The number of ketones is 1. The summed E-state index contributed by atoms with van der Waals surface area (Å²) in [5.41, 5.74) is -12.0. The molecule has 4 rings (SSSR count). The van der Waals surface area contributed by atoms with E-state index in [1.807, 2.05) is 0 Å². The summed E-state index contributed by atoms with van der Waals surface area (Å²) in [6.45, 7) is 4.50. The number of halogens is 7. The molecule has 0 spiro atoms. The van der Waals surface area contributed by atoms with E-state index in [9.17, 15) is 112 Å². The lowest BCUT2D eigenvalue weighted by atomic mass is 9.60. The smallest absolute Gasteiger partial charge is 0.423 e. The number of hydrogen-bond donors (Lipinski definition) is 14. The highest BCUT2D eigenvalue weighted by Gasteiger charge is 2.79.